The first-order valence-electron chi connectivity index (χ1n) is 6.98. The van der Waals surface area contributed by atoms with Crippen molar-refractivity contribution in [3.8, 4) is 5.69 Å². The number of hydrogen-bond acceptors (Lipinski definition) is 6. The minimum atomic E-state index is -0.489. The molecule has 0 aliphatic heterocycles. The summed E-state index contributed by atoms with van der Waals surface area (Å²) < 4.78 is 1.47. The number of rotatable bonds is 4. The predicted molar refractivity (Wildman–Crippen MR) is 77.4 cm³/mol. The highest BCUT2D eigenvalue weighted by Gasteiger charge is 2.34. The van der Waals surface area contributed by atoms with Gasteiger partial charge >= 0.3 is 0 Å². The summed E-state index contributed by atoms with van der Waals surface area (Å²) >= 11 is 1.34. The number of nitrogens with zero attached hydrogens (tertiary/aromatic N) is 4. The van der Waals surface area contributed by atoms with Gasteiger partial charge in [-0.05, 0) is 34.7 Å². The number of carbonyl (C=O) groups excluding carboxylic acids is 1. The molecule has 2 N–H and O–H groups in total. The van der Waals surface area contributed by atoms with Gasteiger partial charge in [0.05, 0.1) is 17.8 Å². The molecule has 1 fully saturated rings. The zero-order valence-corrected chi connectivity index (χ0v) is 12.3. The van der Waals surface area contributed by atoms with Crippen LogP contribution in [0, 0.1) is 0 Å². The summed E-state index contributed by atoms with van der Waals surface area (Å²) in [4.78, 5) is 13.1. The molecule has 0 radical (unpaired) electrons. The lowest BCUT2D eigenvalue weighted by Crippen LogP contribution is -2.52. The molecule has 7 nitrogen and oxygen atoms in total. The zero-order valence-electron chi connectivity index (χ0n) is 11.5. The van der Waals surface area contributed by atoms with Crippen molar-refractivity contribution in [2.45, 2.75) is 37.6 Å². The Balaban J connectivity index is 1.81. The molecule has 1 amide bonds. The highest BCUT2D eigenvalue weighted by molar-refractivity contribution is 7.12. The molecule has 0 spiro atoms. The van der Waals surface area contributed by atoms with Gasteiger partial charge in [0.15, 0.2) is 0 Å². The average Bonchev–Trinajstić information content (AvgIpc) is 3.18. The molecular weight excluding hydrogens is 290 g/mol. The zero-order chi connectivity index (χ0) is 14.7. The van der Waals surface area contributed by atoms with Crippen LogP contribution in [0.1, 0.15) is 41.8 Å². The van der Waals surface area contributed by atoms with Crippen molar-refractivity contribution in [2.75, 3.05) is 6.61 Å². The Labute approximate surface area is 126 Å². The van der Waals surface area contributed by atoms with Crippen LogP contribution in [0.25, 0.3) is 5.69 Å². The van der Waals surface area contributed by atoms with Crippen LogP contribution < -0.4 is 5.32 Å². The average molecular weight is 307 g/mol. The van der Waals surface area contributed by atoms with Crippen molar-refractivity contribution in [1.29, 1.82) is 0 Å². The quantitative estimate of drug-likeness (QED) is 0.884. The molecule has 0 unspecified atom stereocenters. The van der Waals surface area contributed by atoms with Gasteiger partial charge in [-0.1, -0.05) is 19.3 Å². The van der Waals surface area contributed by atoms with Gasteiger partial charge < -0.3 is 10.4 Å². The summed E-state index contributed by atoms with van der Waals surface area (Å²) in [5.41, 5.74) is 0.170. The van der Waals surface area contributed by atoms with Crippen LogP contribution in [-0.2, 0) is 0 Å². The van der Waals surface area contributed by atoms with Crippen LogP contribution in [0.4, 0.5) is 0 Å². The van der Waals surface area contributed by atoms with E-state index in [2.05, 4.69) is 20.8 Å². The predicted octanol–water partition coefficient (Wildman–Crippen LogP) is 1.15. The van der Waals surface area contributed by atoms with Crippen molar-refractivity contribution in [2.24, 2.45) is 0 Å². The van der Waals surface area contributed by atoms with Crippen LogP contribution >= 0.6 is 11.3 Å². The number of tetrazole rings is 1. The van der Waals surface area contributed by atoms with E-state index in [4.69, 9.17) is 0 Å². The van der Waals surface area contributed by atoms with Crippen molar-refractivity contribution >= 4 is 17.2 Å². The third-order valence-electron chi connectivity index (χ3n) is 3.94. The third-order valence-corrected chi connectivity index (χ3v) is 4.84. The van der Waals surface area contributed by atoms with E-state index in [1.807, 2.05) is 11.4 Å². The fourth-order valence-electron chi connectivity index (χ4n) is 2.77. The highest BCUT2D eigenvalue weighted by atomic mass is 32.1. The molecule has 3 rings (SSSR count). The summed E-state index contributed by atoms with van der Waals surface area (Å²) in [6.07, 6.45) is 6.33. The minimum Gasteiger partial charge on any atom is -0.394 e. The maximum Gasteiger partial charge on any atom is 0.264 e. The Morgan fingerprint density at radius 2 is 2.24 bits per heavy atom. The lowest BCUT2D eigenvalue weighted by atomic mass is 9.82. The number of hydrogen-bond donors (Lipinski definition) is 2. The van der Waals surface area contributed by atoms with Crippen LogP contribution in [0.2, 0.25) is 0 Å². The van der Waals surface area contributed by atoms with E-state index < -0.39 is 5.54 Å². The van der Waals surface area contributed by atoms with Gasteiger partial charge in [-0.15, -0.1) is 16.4 Å². The first kappa shape index (κ1) is 14.2. The molecule has 0 saturated heterocycles. The molecule has 0 aromatic carbocycles. The van der Waals surface area contributed by atoms with Crippen LogP contribution in [0.5, 0.6) is 0 Å². The van der Waals surface area contributed by atoms with Gasteiger partial charge in [-0.25, -0.2) is 0 Å². The van der Waals surface area contributed by atoms with Gasteiger partial charge in [-0.3, -0.25) is 4.79 Å². The van der Waals surface area contributed by atoms with Crippen LogP contribution in [0.3, 0.4) is 0 Å². The third kappa shape index (κ3) is 2.81. The first-order valence-corrected chi connectivity index (χ1v) is 7.86. The van der Waals surface area contributed by atoms with Gasteiger partial charge in [0.25, 0.3) is 5.91 Å². The fraction of sp³-hybridized carbons (Fsp3) is 0.538. The molecular formula is C13H17N5O2S. The van der Waals surface area contributed by atoms with E-state index in [1.54, 1.807) is 0 Å². The van der Waals surface area contributed by atoms with Crippen molar-refractivity contribution in [1.82, 2.24) is 25.5 Å². The van der Waals surface area contributed by atoms with Crippen molar-refractivity contribution in [3.63, 3.8) is 0 Å². The van der Waals surface area contributed by atoms with E-state index in [0.717, 1.165) is 32.1 Å². The number of thiophene rings is 1. The van der Waals surface area contributed by atoms with Crippen LogP contribution in [0.15, 0.2) is 17.8 Å². The SMILES string of the molecule is O=C(NC1(CO)CCCCC1)c1sccc1-n1cnnn1. The second-order valence-corrected chi connectivity index (χ2v) is 6.26. The van der Waals surface area contributed by atoms with Gasteiger partial charge in [0.1, 0.15) is 11.2 Å². The highest BCUT2D eigenvalue weighted by Crippen LogP contribution is 2.29. The molecule has 0 atom stereocenters. The molecule has 1 aliphatic rings. The van der Waals surface area contributed by atoms with Gasteiger partial charge in [0.2, 0.25) is 0 Å². The van der Waals surface area contributed by atoms with E-state index in [9.17, 15) is 9.90 Å². The number of nitrogens with one attached hydrogen (secondary N) is 1. The number of aliphatic hydroxyl groups is 1. The maximum absolute atomic E-state index is 12.6. The second kappa shape index (κ2) is 5.90. The van der Waals surface area contributed by atoms with E-state index >= 15 is 0 Å². The Morgan fingerprint density at radius 3 is 2.90 bits per heavy atom. The normalized spacial score (nSPS) is 17.6. The molecule has 2 aromatic rings. The molecule has 1 aliphatic carbocycles. The topological polar surface area (TPSA) is 92.9 Å². The Hall–Kier alpha value is -1.80. The maximum atomic E-state index is 12.6. The van der Waals surface area contributed by atoms with Crippen LogP contribution in [-0.4, -0.2) is 43.4 Å². The van der Waals surface area contributed by atoms with E-state index in [0.29, 0.717) is 10.6 Å². The fourth-order valence-corrected chi connectivity index (χ4v) is 3.55. The smallest absolute Gasteiger partial charge is 0.264 e. The monoisotopic (exact) mass is 307 g/mol. The molecule has 21 heavy (non-hydrogen) atoms. The molecule has 8 heteroatoms. The van der Waals surface area contributed by atoms with Crippen molar-refractivity contribution in [3.05, 3.63) is 22.7 Å². The lowest BCUT2D eigenvalue weighted by molar-refractivity contribution is 0.0762. The number of aromatic nitrogens is 4. The summed E-state index contributed by atoms with van der Waals surface area (Å²) in [7, 11) is 0. The largest absolute Gasteiger partial charge is 0.394 e. The summed E-state index contributed by atoms with van der Waals surface area (Å²) in [6, 6.07) is 1.81. The summed E-state index contributed by atoms with van der Waals surface area (Å²) in [6.45, 7) is -0.0235. The molecule has 2 aromatic heterocycles. The Bertz CT molecular complexity index is 604. The lowest BCUT2D eigenvalue weighted by Gasteiger charge is -2.36. The molecule has 1 saturated carbocycles. The van der Waals surface area contributed by atoms with Gasteiger partial charge in [0, 0.05) is 0 Å². The van der Waals surface area contributed by atoms with Crippen molar-refractivity contribution < 1.29 is 9.90 Å². The Kier molecular flexibility index (Phi) is 3.98. The number of carbonyl (C=O) groups is 1. The second-order valence-electron chi connectivity index (χ2n) is 5.34. The van der Waals surface area contributed by atoms with E-state index in [1.165, 1.54) is 22.3 Å². The molecule has 2 heterocycles. The molecule has 112 valence electrons. The number of aliphatic hydroxyl groups excluding tert-OH is 1. The summed E-state index contributed by atoms with van der Waals surface area (Å²) in [5.74, 6) is -0.175. The standard InChI is InChI=1S/C13H17N5O2S/c19-8-13(5-2-1-3-6-13)15-12(20)11-10(4-7-21-11)18-9-14-16-17-18/h4,7,9,19H,1-3,5-6,8H2,(H,15,20). The first-order chi connectivity index (χ1) is 10.2. The van der Waals surface area contributed by atoms with E-state index in [-0.39, 0.29) is 12.5 Å². The summed E-state index contributed by atoms with van der Waals surface area (Å²) in [5, 5.41) is 25.5. The minimum absolute atomic E-state index is 0.0235. The van der Waals surface area contributed by atoms with Gasteiger partial charge in [-0.2, -0.15) is 4.68 Å². The Morgan fingerprint density at radius 1 is 1.43 bits per heavy atom. The molecule has 0 bridgehead atoms. The number of amides is 1.